The number of rotatable bonds is 6. The van der Waals surface area contributed by atoms with Crippen molar-refractivity contribution in [3.63, 3.8) is 0 Å². The summed E-state index contributed by atoms with van der Waals surface area (Å²) in [7, 11) is -2.07. The van der Waals surface area contributed by atoms with Gasteiger partial charge in [-0.2, -0.15) is 0 Å². The van der Waals surface area contributed by atoms with Gasteiger partial charge in [-0.25, -0.2) is 13.1 Å². The van der Waals surface area contributed by atoms with Crippen LogP contribution in [0.5, 0.6) is 0 Å². The molecule has 0 aliphatic heterocycles. The second kappa shape index (κ2) is 5.82. The molecule has 0 heterocycles. The van der Waals surface area contributed by atoms with Crippen molar-refractivity contribution in [3.8, 4) is 0 Å². The third-order valence-electron chi connectivity index (χ3n) is 2.28. The first-order chi connectivity index (χ1) is 7.67. The Bertz CT molecular complexity index is 402. The highest BCUT2D eigenvalue weighted by Gasteiger charge is 2.32. The van der Waals surface area contributed by atoms with Crippen LogP contribution in [0.2, 0.25) is 0 Å². The Balaban J connectivity index is 4.39. The normalized spacial score (nSPS) is 13.5. The predicted molar refractivity (Wildman–Crippen MR) is 63.0 cm³/mol. The van der Waals surface area contributed by atoms with Crippen molar-refractivity contribution in [1.29, 1.82) is 0 Å². The van der Waals surface area contributed by atoms with Crippen LogP contribution < -0.4 is 15.8 Å². The molecule has 0 rings (SSSR count). The minimum Gasteiger partial charge on any atom is -0.409 e. The van der Waals surface area contributed by atoms with Gasteiger partial charge in [-0.3, -0.25) is 4.79 Å². The molecule has 100 valence electrons. The number of sulfonamides is 1. The van der Waals surface area contributed by atoms with E-state index in [1.54, 1.807) is 0 Å². The highest BCUT2D eigenvalue weighted by molar-refractivity contribution is 7.89. The third-order valence-corrected chi connectivity index (χ3v) is 3.65. The van der Waals surface area contributed by atoms with Crippen LogP contribution >= 0.6 is 0 Å². The minimum atomic E-state index is -3.36. The number of carbonyl (C=O) groups excluding carboxylic acids is 1. The fourth-order valence-corrected chi connectivity index (χ4v) is 1.44. The Labute approximate surface area is 100 Å². The summed E-state index contributed by atoms with van der Waals surface area (Å²) in [4.78, 5) is 11.6. The molecule has 0 atom stereocenters. The van der Waals surface area contributed by atoms with Gasteiger partial charge in [0, 0.05) is 6.54 Å². The van der Waals surface area contributed by atoms with Crippen molar-refractivity contribution in [2.75, 3.05) is 19.3 Å². The molecule has 0 saturated carbocycles. The summed E-state index contributed by atoms with van der Waals surface area (Å²) in [5.41, 5.74) is 4.15. The number of nitrogens with zero attached hydrogens (tertiary/aromatic N) is 1. The fourth-order valence-electron chi connectivity index (χ4n) is 0.863. The molecular formula is C8H18N4O4S. The molecule has 0 radical (unpaired) electrons. The Morgan fingerprint density at radius 3 is 2.41 bits per heavy atom. The number of hydrogen-bond acceptors (Lipinski definition) is 5. The van der Waals surface area contributed by atoms with Crippen LogP contribution in [0.25, 0.3) is 0 Å². The maximum atomic E-state index is 11.6. The SMILES string of the molecule is CNS(=O)(=O)CCNC(=O)C(C)(C)C(N)=NO. The first-order valence-electron chi connectivity index (χ1n) is 4.85. The lowest BCUT2D eigenvalue weighted by Gasteiger charge is -2.21. The molecule has 17 heavy (non-hydrogen) atoms. The number of nitrogens with two attached hydrogens (primary N) is 1. The van der Waals surface area contributed by atoms with Crippen LogP contribution in [0.3, 0.4) is 0 Å². The fraction of sp³-hybridized carbons (Fsp3) is 0.750. The van der Waals surface area contributed by atoms with E-state index in [0.717, 1.165) is 0 Å². The predicted octanol–water partition coefficient (Wildman–Crippen LogP) is -1.58. The zero-order valence-electron chi connectivity index (χ0n) is 10.0. The standard InChI is InChI=1S/C8H18N4O4S/c1-8(2,6(9)12-14)7(13)11-4-5-17(15,16)10-3/h10,14H,4-5H2,1-3H3,(H2,9,12)(H,11,13). The smallest absolute Gasteiger partial charge is 0.233 e. The van der Waals surface area contributed by atoms with Crippen LogP contribution in [-0.4, -0.2) is 44.7 Å². The average molecular weight is 266 g/mol. The molecule has 0 spiro atoms. The highest BCUT2D eigenvalue weighted by atomic mass is 32.2. The van der Waals surface area contributed by atoms with E-state index in [4.69, 9.17) is 10.9 Å². The lowest BCUT2D eigenvalue weighted by molar-refractivity contribution is -0.126. The van der Waals surface area contributed by atoms with E-state index in [0.29, 0.717) is 0 Å². The first-order valence-corrected chi connectivity index (χ1v) is 6.50. The van der Waals surface area contributed by atoms with Gasteiger partial charge >= 0.3 is 0 Å². The molecule has 0 aromatic heterocycles. The zero-order chi connectivity index (χ0) is 13.7. The van der Waals surface area contributed by atoms with Crippen molar-refractivity contribution in [1.82, 2.24) is 10.0 Å². The van der Waals surface area contributed by atoms with Gasteiger partial charge in [0.25, 0.3) is 0 Å². The van der Waals surface area contributed by atoms with E-state index in [-0.39, 0.29) is 18.1 Å². The number of nitrogens with one attached hydrogen (secondary N) is 2. The van der Waals surface area contributed by atoms with E-state index in [2.05, 4.69) is 15.2 Å². The number of hydrogen-bond donors (Lipinski definition) is 4. The van der Waals surface area contributed by atoms with E-state index < -0.39 is 21.3 Å². The van der Waals surface area contributed by atoms with Gasteiger partial charge < -0.3 is 16.3 Å². The Morgan fingerprint density at radius 1 is 1.47 bits per heavy atom. The molecule has 0 aliphatic rings. The van der Waals surface area contributed by atoms with Crippen LogP contribution in [-0.2, 0) is 14.8 Å². The van der Waals surface area contributed by atoms with Gasteiger partial charge in [-0.1, -0.05) is 5.16 Å². The lowest BCUT2D eigenvalue weighted by atomic mass is 9.91. The Kier molecular flexibility index (Phi) is 5.36. The Hall–Kier alpha value is -1.35. The maximum absolute atomic E-state index is 11.6. The largest absolute Gasteiger partial charge is 0.409 e. The average Bonchev–Trinajstić information content (AvgIpc) is 2.27. The van der Waals surface area contributed by atoms with E-state index in [1.165, 1.54) is 20.9 Å². The molecule has 0 aromatic carbocycles. The molecule has 8 nitrogen and oxygen atoms in total. The quantitative estimate of drug-likeness (QED) is 0.199. The highest BCUT2D eigenvalue weighted by Crippen LogP contribution is 2.14. The summed E-state index contributed by atoms with van der Waals surface area (Å²) in [6, 6.07) is 0. The maximum Gasteiger partial charge on any atom is 0.233 e. The molecule has 0 bridgehead atoms. The summed E-state index contributed by atoms with van der Waals surface area (Å²) in [6.45, 7) is 2.87. The second-order valence-electron chi connectivity index (χ2n) is 3.89. The second-order valence-corrected chi connectivity index (χ2v) is 5.94. The summed E-state index contributed by atoms with van der Waals surface area (Å²) in [5.74, 6) is -0.993. The van der Waals surface area contributed by atoms with Gasteiger partial charge in [-0.05, 0) is 20.9 Å². The van der Waals surface area contributed by atoms with E-state index >= 15 is 0 Å². The van der Waals surface area contributed by atoms with E-state index in [9.17, 15) is 13.2 Å². The summed E-state index contributed by atoms with van der Waals surface area (Å²) in [5, 5.41) is 13.6. The van der Waals surface area contributed by atoms with Crippen LogP contribution in [0, 0.1) is 5.41 Å². The lowest BCUT2D eigenvalue weighted by Crippen LogP contribution is -2.47. The summed E-state index contributed by atoms with van der Waals surface area (Å²) >= 11 is 0. The van der Waals surface area contributed by atoms with Crippen molar-refractivity contribution >= 4 is 21.8 Å². The van der Waals surface area contributed by atoms with Gasteiger partial charge in [0.15, 0.2) is 5.84 Å². The molecule has 1 amide bonds. The number of oxime groups is 1. The van der Waals surface area contributed by atoms with Crippen molar-refractivity contribution in [2.24, 2.45) is 16.3 Å². The number of amides is 1. The monoisotopic (exact) mass is 266 g/mol. The molecule has 0 saturated heterocycles. The summed E-state index contributed by atoms with van der Waals surface area (Å²) < 4.78 is 24.3. The number of carbonyl (C=O) groups is 1. The molecule has 0 fully saturated rings. The van der Waals surface area contributed by atoms with Crippen molar-refractivity contribution in [2.45, 2.75) is 13.8 Å². The van der Waals surface area contributed by atoms with Crippen molar-refractivity contribution < 1.29 is 18.4 Å². The van der Waals surface area contributed by atoms with Crippen LogP contribution in [0.4, 0.5) is 0 Å². The molecule has 0 aliphatic carbocycles. The van der Waals surface area contributed by atoms with Gasteiger partial charge in [-0.15, -0.1) is 0 Å². The molecule has 5 N–H and O–H groups in total. The zero-order valence-corrected chi connectivity index (χ0v) is 10.8. The number of amidine groups is 1. The van der Waals surface area contributed by atoms with Crippen LogP contribution in [0.1, 0.15) is 13.8 Å². The molecular weight excluding hydrogens is 248 g/mol. The third kappa shape index (κ3) is 4.57. The van der Waals surface area contributed by atoms with Gasteiger partial charge in [0.2, 0.25) is 15.9 Å². The topological polar surface area (TPSA) is 134 Å². The summed E-state index contributed by atoms with van der Waals surface area (Å²) in [6.07, 6.45) is 0. The first kappa shape index (κ1) is 15.7. The van der Waals surface area contributed by atoms with Crippen molar-refractivity contribution in [3.05, 3.63) is 0 Å². The molecule has 0 aromatic rings. The van der Waals surface area contributed by atoms with Gasteiger partial charge in [0.1, 0.15) is 5.41 Å². The molecule has 0 unspecified atom stereocenters. The van der Waals surface area contributed by atoms with Crippen LogP contribution in [0.15, 0.2) is 5.16 Å². The Morgan fingerprint density at radius 2 is 2.00 bits per heavy atom. The van der Waals surface area contributed by atoms with Gasteiger partial charge in [0.05, 0.1) is 5.75 Å². The van der Waals surface area contributed by atoms with E-state index in [1.807, 2.05) is 0 Å². The molecule has 9 heteroatoms. The minimum absolute atomic E-state index is 0.0514.